The van der Waals surface area contributed by atoms with E-state index in [9.17, 15) is 18.0 Å². The van der Waals surface area contributed by atoms with Gasteiger partial charge in [-0.05, 0) is 51.8 Å². The molecular weight excluding hydrogens is 527 g/mol. The normalized spacial score (nSPS) is 16.9. The third-order valence-corrected chi connectivity index (χ3v) is 6.54. The van der Waals surface area contributed by atoms with Crippen molar-refractivity contribution in [2.45, 2.75) is 45.6 Å². The largest absolute Gasteiger partial charge is 0.573 e. The monoisotopic (exact) mass is 557 g/mol. The summed E-state index contributed by atoms with van der Waals surface area (Å²) in [5.74, 6) is 1.11. The van der Waals surface area contributed by atoms with Crippen molar-refractivity contribution in [1.29, 1.82) is 0 Å². The first-order chi connectivity index (χ1) is 18.9. The van der Waals surface area contributed by atoms with Gasteiger partial charge in [0.25, 0.3) is 0 Å². The van der Waals surface area contributed by atoms with E-state index in [-0.39, 0.29) is 17.3 Å². The number of piperidine rings is 1. The fourth-order valence-electron chi connectivity index (χ4n) is 4.97. The highest BCUT2D eigenvalue weighted by Crippen LogP contribution is 2.42. The topological polar surface area (TPSA) is 106 Å². The van der Waals surface area contributed by atoms with Crippen LogP contribution in [0.25, 0.3) is 11.4 Å². The molecule has 0 unspecified atom stereocenters. The predicted octanol–water partition coefficient (Wildman–Crippen LogP) is 5.41. The summed E-state index contributed by atoms with van der Waals surface area (Å²) in [4.78, 5) is 34.1. The molecule has 1 N–H and O–H groups in total. The second kappa shape index (κ2) is 10.4. The van der Waals surface area contributed by atoms with Crippen LogP contribution in [0.1, 0.15) is 33.6 Å². The van der Waals surface area contributed by atoms with E-state index in [1.54, 1.807) is 29.4 Å². The molecule has 0 aromatic carbocycles. The molecule has 40 heavy (non-hydrogen) atoms. The van der Waals surface area contributed by atoms with Crippen molar-refractivity contribution in [3.8, 4) is 17.1 Å². The number of carbonyl (C=O) groups is 1. The van der Waals surface area contributed by atoms with Gasteiger partial charge in [0.05, 0.1) is 0 Å². The maximum Gasteiger partial charge on any atom is 0.573 e. The molecule has 2 aliphatic heterocycles. The van der Waals surface area contributed by atoms with Gasteiger partial charge >= 0.3 is 12.5 Å². The van der Waals surface area contributed by atoms with Gasteiger partial charge in [-0.25, -0.2) is 19.7 Å². The molecule has 2 fully saturated rings. The van der Waals surface area contributed by atoms with E-state index in [4.69, 9.17) is 9.72 Å². The third-order valence-electron chi connectivity index (χ3n) is 6.54. The van der Waals surface area contributed by atoms with Crippen LogP contribution in [0.3, 0.4) is 0 Å². The molecule has 1 spiro atoms. The van der Waals surface area contributed by atoms with E-state index in [0.717, 1.165) is 25.0 Å². The minimum absolute atomic E-state index is 0.0764. The van der Waals surface area contributed by atoms with Gasteiger partial charge in [-0.2, -0.15) is 0 Å². The standard InChI is InChI=1S/C27H30F3N7O3/c1-25(2,3)40-24(38)36-11-5-8-26(15-36)16-37(17-26)22-13-21(34-23(35-22)18-6-4-9-31-14-18)33-20-12-19(7-10-32-20)39-27(28,29)30/h4,6-7,9-10,12-14H,5,8,11,15-17H2,1-3H3,(H,32,33,34,35). The van der Waals surface area contributed by atoms with Gasteiger partial charge in [0.1, 0.15) is 28.8 Å². The van der Waals surface area contributed by atoms with Crippen molar-refractivity contribution in [1.82, 2.24) is 24.8 Å². The zero-order valence-electron chi connectivity index (χ0n) is 22.4. The van der Waals surface area contributed by atoms with Gasteiger partial charge in [-0.3, -0.25) is 4.98 Å². The lowest BCUT2D eigenvalue weighted by molar-refractivity contribution is -0.274. The summed E-state index contributed by atoms with van der Waals surface area (Å²) < 4.78 is 47.7. The Labute approximate surface area is 229 Å². The summed E-state index contributed by atoms with van der Waals surface area (Å²) >= 11 is 0. The fourth-order valence-corrected chi connectivity index (χ4v) is 4.97. The second-order valence-corrected chi connectivity index (χ2v) is 11.1. The zero-order chi connectivity index (χ0) is 28.5. The smallest absolute Gasteiger partial charge is 0.444 e. The number of alkyl halides is 3. The van der Waals surface area contributed by atoms with Gasteiger partial charge < -0.3 is 24.6 Å². The number of ether oxygens (including phenoxy) is 2. The molecule has 1 amide bonds. The summed E-state index contributed by atoms with van der Waals surface area (Å²) in [7, 11) is 0. The lowest BCUT2D eigenvalue weighted by Gasteiger charge is -2.55. The number of nitrogens with one attached hydrogen (secondary N) is 1. The fraction of sp³-hybridized carbons (Fsp3) is 0.444. The lowest BCUT2D eigenvalue weighted by atomic mass is 9.73. The number of amides is 1. The number of hydrogen-bond donors (Lipinski definition) is 1. The summed E-state index contributed by atoms with van der Waals surface area (Å²) in [5.41, 5.74) is 0.0409. The molecule has 0 bridgehead atoms. The first-order valence-electron chi connectivity index (χ1n) is 12.9. The number of aromatic nitrogens is 4. The van der Waals surface area contributed by atoms with Crippen LogP contribution in [0.2, 0.25) is 0 Å². The molecule has 0 atom stereocenters. The van der Waals surface area contributed by atoms with Gasteiger partial charge in [-0.1, -0.05) is 0 Å². The minimum Gasteiger partial charge on any atom is -0.444 e. The minimum atomic E-state index is -4.82. The molecule has 212 valence electrons. The Bertz CT molecular complexity index is 1360. The first kappa shape index (κ1) is 27.4. The predicted molar refractivity (Wildman–Crippen MR) is 141 cm³/mol. The highest BCUT2D eigenvalue weighted by Gasteiger charge is 2.47. The Hall–Kier alpha value is -4.16. The van der Waals surface area contributed by atoms with Crippen molar-refractivity contribution in [3.05, 3.63) is 48.9 Å². The molecule has 3 aromatic rings. The Morgan fingerprint density at radius 2 is 1.85 bits per heavy atom. The molecule has 5 rings (SSSR count). The Kier molecular flexibility index (Phi) is 7.15. The van der Waals surface area contributed by atoms with Gasteiger partial charge in [0.15, 0.2) is 5.82 Å². The van der Waals surface area contributed by atoms with Crippen LogP contribution in [0, 0.1) is 5.41 Å². The molecule has 13 heteroatoms. The summed E-state index contributed by atoms with van der Waals surface area (Å²) in [5, 5.41) is 2.97. The van der Waals surface area contributed by atoms with E-state index in [2.05, 4.69) is 29.9 Å². The van der Waals surface area contributed by atoms with Gasteiger partial charge in [0, 0.05) is 67.9 Å². The van der Waals surface area contributed by atoms with E-state index < -0.39 is 17.7 Å². The van der Waals surface area contributed by atoms with Crippen LogP contribution in [0.5, 0.6) is 5.75 Å². The van der Waals surface area contributed by atoms with Crippen LogP contribution in [0.4, 0.5) is 35.4 Å². The summed E-state index contributed by atoms with van der Waals surface area (Å²) in [6.07, 6.45) is 1.22. The van der Waals surface area contributed by atoms with Crippen LogP contribution in [-0.4, -0.2) is 69.1 Å². The van der Waals surface area contributed by atoms with Crippen LogP contribution in [0.15, 0.2) is 48.9 Å². The molecule has 3 aromatic heterocycles. The molecule has 2 aliphatic rings. The number of pyridine rings is 2. The number of likely N-dealkylation sites (tertiary alicyclic amines) is 1. The molecule has 5 heterocycles. The number of rotatable bonds is 5. The van der Waals surface area contributed by atoms with Crippen molar-refractivity contribution in [2.24, 2.45) is 5.41 Å². The highest BCUT2D eigenvalue weighted by molar-refractivity contribution is 5.69. The third kappa shape index (κ3) is 6.69. The Balaban J connectivity index is 1.36. The van der Waals surface area contributed by atoms with E-state index in [1.165, 1.54) is 6.20 Å². The maximum atomic E-state index is 12.7. The van der Waals surface area contributed by atoms with E-state index in [1.807, 2.05) is 26.8 Å². The number of nitrogens with zero attached hydrogens (tertiary/aromatic N) is 6. The van der Waals surface area contributed by atoms with Gasteiger partial charge in [-0.15, -0.1) is 13.2 Å². The Morgan fingerprint density at radius 3 is 2.55 bits per heavy atom. The van der Waals surface area contributed by atoms with Crippen LogP contribution < -0.4 is 15.0 Å². The quantitative estimate of drug-likeness (QED) is 0.441. The first-order valence-corrected chi connectivity index (χ1v) is 12.9. The number of carbonyl (C=O) groups excluding carboxylic acids is 1. The highest BCUT2D eigenvalue weighted by atomic mass is 19.4. The number of halogens is 3. The summed E-state index contributed by atoms with van der Waals surface area (Å²) in [6, 6.07) is 7.58. The van der Waals surface area contributed by atoms with Crippen molar-refractivity contribution < 1.29 is 27.4 Å². The summed E-state index contributed by atoms with van der Waals surface area (Å²) in [6.45, 7) is 8.18. The number of hydrogen-bond acceptors (Lipinski definition) is 9. The molecule has 0 radical (unpaired) electrons. The van der Waals surface area contributed by atoms with Crippen molar-refractivity contribution in [3.63, 3.8) is 0 Å². The molecule has 0 saturated carbocycles. The van der Waals surface area contributed by atoms with Crippen LogP contribution in [-0.2, 0) is 4.74 Å². The average Bonchev–Trinajstić information content (AvgIpc) is 2.86. The molecular formula is C27H30F3N7O3. The Morgan fingerprint density at radius 1 is 1.05 bits per heavy atom. The molecule has 2 saturated heterocycles. The zero-order valence-corrected chi connectivity index (χ0v) is 22.4. The lowest BCUT2D eigenvalue weighted by Crippen LogP contribution is -2.64. The average molecular weight is 558 g/mol. The van der Waals surface area contributed by atoms with Gasteiger partial charge in [0.2, 0.25) is 0 Å². The molecule has 0 aliphatic carbocycles. The number of anilines is 3. The molecule has 10 nitrogen and oxygen atoms in total. The SMILES string of the molecule is CC(C)(C)OC(=O)N1CCCC2(C1)CN(c1cc(Nc3cc(OC(F)(F)F)ccn3)nc(-c3cccnc3)n1)C2. The van der Waals surface area contributed by atoms with Crippen LogP contribution >= 0.6 is 0 Å². The van der Waals surface area contributed by atoms with Crippen molar-refractivity contribution >= 4 is 23.5 Å². The maximum absolute atomic E-state index is 12.7. The van der Waals surface area contributed by atoms with E-state index in [0.29, 0.717) is 49.2 Å². The van der Waals surface area contributed by atoms with E-state index >= 15 is 0 Å². The second-order valence-electron chi connectivity index (χ2n) is 11.1. The van der Waals surface area contributed by atoms with Crippen molar-refractivity contribution in [2.75, 3.05) is 36.4 Å².